The van der Waals surface area contributed by atoms with E-state index in [0.29, 0.717) is 12.1 Å². The predicted molar refractivity (Wildman–Crippen MR) is 94.7 cm³/mol. The van der Waals surface area contributed by atoms with Gasteiger partial charge >= 0.3 is 6.18 Å². The molecule has 2 rings (SSSR count). The van der Waals surface area contributed by atoms with Crippen LogP contribution in [-0.2, 0) is 17.4 Å². The fourth-order valence-electron chi connectivity index (χ4n) is 2.05. The van der Waals surface area contributed by atoms with Crippen molar-refractivity contribution >= 4 is 35.0 Å². The minimum absolute atomic E-state index is 0.00664. The Balaban J connectivity index is 2.05. The van der Waals surface area contributed by atoms with Crippen LogP contribution in [0.1, 0.15) is 24.6 Å². The van der Waals surface area contributed by atoms with Gasteiger partial charge in [0.05, 0.1) is 22.0 Å². The molecular weight excluding hydrogens is 391 g/mol. The van der Waals surface area contributed by atoms with Crippen LogP contribution in [0, 0.1) is 0 Å². The Morgan fingerprint density at radius 2 is 2.08 bits per heavy atom. The lowest BCUT2D eigenvalue weighted by atomic mass is 10.2. The van der Waals surface area contributed by atoms with Crippen LogP contribution in [0.2, 0.25) is 5.02 Å². The first-order valence-electron chi connectivity index (χ1n) is 7.58. The molecule has 0 aliphatic heterocycles. The lowest BCUT2D eigenvalue weighted by Gasteiger charge is -2.11. The third-order valence-corrected chi connectivity index (χ3v) is 4.39. The number of aromatic amines is 1. The molecule has 1 aromatic heterocycles. The summed E-state index contributed by atoms with van der Waals surface area (Å²) < 4.78 is 38.2. The molecule has 0 bridgehead atoms. The molecule has 0 saturated carbocycles. The first-order valence-corrected chi connectivity index (χ1v) is 8.95. The van der Waals surface area contributed by atoms with Crippen LogP contribution < -0.4 is 10.9 Å². The van der Waals surface area contributed by atoms with Gasteiger partial charge in [0.15, 0.2) is 5.16 Å². The lowest BCUT2D eigenvalue weighted by molar-refractivity contribution is -0.137. The van der Waals surface area contributed by atoms with Gasteiger partial charge in [-0.1, -0.05) is 36.7 Å². The molecule has 26 heavy (non-hydrogen) atoms. The number of aromatic nitrogens is 2. The number of hydrogen-bond donors (Lipinski definition) is 2. The van der Waals surface area contributed by atoms with Crippen LogP contribution in [0.15, 0.2) is 34.2 Å². The molecule has 0 aliphatic carbocycles. The van der Waals surface area contributed by atoms with Gasteiger partial charge in [0.25, 0.3) is 5.56 Å². The molecule has 2 N–H and O–H groups in total. The number of halogens is 4. The Labute approximate surface area is 156 Å². The van der Waals surface area contributed by atoms with E-state index in [9.17, 15) is 22.8 Å². The van der Waals surface area contributed by atoms with Crippen molar-refractivity contribution in [3.05, 3.63) is 50.9 Å². The van der Waals surface area contributed by atoms with Gasteiger partial charge in [-0.05, 0) is 24.6 Å². The van der Waals surface area contributed by atoms with Gasteiger partial charge in [-0.25, -0.2) is 4.98 Å². The molecule has 1 aromatic carbocycles. The topological polar surface area (TPSA) is 74.8 Å². The van der Waals surface area contributed by atoms with Crippen LogP contribution in [0.5, 0.6) is 0 Å². The number of carbonyl (C=O) groups is 1. The van der Waals surface area contributed by atoms with Gasteiger partial charge in [-0.15, -0.1) is 0 Å². The first kappa shape index (κ1) is 20.3. The van der Waals surface area contributed by atoms with E-state index in [1.807, 2.05) is 6.92 Å². The van der Waals surface area contributed by atoms with E-state index in [2.05, 4.69) is 15.3 Å². The van der Waals surface area contributed by atoms with E-state index >= 15 is 0 Å². The van der Waals surface area contributed by atoms with E-state index in [4.69, 9.17) is 11.6 Å². The maximum absolute atomic E-state index is 12.7. The number of carbonyl (C=O) groups excluding carboxylic acids is 1. The zero-order valence-corrected chi connectivity index (χ0v) is 15.2. The number of alkyl halides is 3. The number of rotatable bonds is 6. The van der Waals surface area contributed by atoms with Crippen molar-refractivity contribution in [2.75, 3.05) is 11.1 Å². The Bertz CT molecular complexity index is 855. The molecule has 0 radical (unpaired) electrons. The molecule has 0 fully saturated rings. The Kier molecular flexibility index (Phi) is 6.71. The van der Waals surface area contributed by atoms with Crippen molar-refractivity contribution in [2.45, 2.75) is 31.1 Å². The average Bonchev–Trinajstić information content (AvgIpc) is 2.54. The van der Waals surface area contributed by atoms with Crippen molar-refractivity contribution in [1.82, 2.24) is 9.97 Å². The zero-order valence-electron chi connectivity index (χ0n) is 13.6. The molecule has 0 atom stereocenters. The van der Waals surface area contributed by atoms with Crippen molar-refractivity contribution in [3.8, 4) is 0 Å². The number of amides is 1. The normalized spacial score (nSPS) is 11.4. The third kappa shape index (κ3) is 5.77. The SMILES string of the molecule is CCCc1cc(=O)[nH]c(SCC(=O)Nc2cc(C(F)(F)F)ccc2Cl)n1. The highest BCUT2D eigenvalue weighted by Gasteiger charge is 2.31. The summed E-state index contributed by atoms with van der Waals surface area (Å²) in [4.78, 5) is 30.3. The highest BCUT2D eigenvalue weighted by atomic mass is 35.5. The minimum atomic E-state index is -4.54. The number of hydrogen-bond acceptors (Lipinski definition) is 4. The molecule has 0 saturated heterocycles. The standard InChI is InChI=1S/C16H15ClF3N3O2S/c1-2-3-10-7-13(24)23-15(21-10)26-8-14(25)22-12-6-9(16(18,19)20)4-5-11(12)17/h4-7H,2-3,8H2,1H3,(H,22,25)(H,21,23,24). The van der Waals surface area contributed by atoms with E-state index in [0.717, 1.165) is 36.4 Å². The van der Waals surface area contributed by atoms with Crippen LogP contribution in [0.3, 0.4) is 0 Å². The summed E-state index contributed by atoms with van der Waals surface area (Å²) in [5, 5.41) is 2.60. The smallest absolute Gasteiger partial charge is 0.324 e. The van der Waals surface area contributed by atoms with Gasteiger partial charge in [-0.2, -0.15) is 13.2 Å². The summed E-state index contributed by atoms with van der Waals surface area (Å²) >= 11 is 6.81. The van der Waals surface area contributed by atoms with E-state index < -0.39 is 17.6 Å². The Morgan fingerprint density at radius 1 is 1.35 bits per heavy atom. The van der Waals surface area contributed by atoms with Crippen molar-refractivity contribution in [1.29, 1.82) is 0 Å². The summed E-state index contributed by atoms with van der Waals surface area (Å²) in [6.45, 7) is 1.95. The third-order valence-electron chi connectivity index (χ3n) is 3.19. The molecule has 2 aromatic rings. The molecule has 140 valence electrons. The van der Waals surface area contributed by atoms with Gasteiger partial charge < -0.3 is 10.3 Å². The van der Waals surface area contributed by atoms with Gasteiger partial charge in [0.1, 0.15) is 0 Å². The maximum atomic E-state index is 12.7. The van der Waals surface area contributed by atoms with Gasteiger partial charge in [0.2, 0.25) is 5.91 Å². The maximum Gasteiger partial charge on any atom is 0.416 e. The second-order valence-electron chi connectivity index (χ2n) is 5.32. The monoisotopic (exact) mass is 405 g/mol. The van der Waals surface area contributed by atoms with E-state index in [1.165, 1.54) is 6.07 Å². The fourth-order valence-corrected chi connectivity index (χ4v) is 2.91. The highest BCUT2D eigenvalue weighted by Crippen LogP contribution is 2.33. The number of H-pyrrole nitrogens is 1. The fraction of sp³-hybridized carbons (Fsp3) is 0.312. The largest absolute Gasteiger partial charge is 0.416 e. The molecule has 10 heteroatoms. The predicted octanol–water partition coefficient (Wildman–Crippen LogP) is 4.13. The lowest BCUT2D eigenvalue weighted by Crippen LogP contribution is -2.17. The summed E-state index contributed by atoms with van der Waals surface area (Å²) in [5.74, 6) is -0.717. The first-order chi connectivity index (χ1) is 12.2. The molecule has 0 unspecified atom stereocenters. The second kappa shape index (κ2) is 8.59. The quantitative estimate of drug-likeness (QED) is 0.560. The van der Waals surface area contributed by atoms with Crippen molar-refractivity contribution < 1.29 is 18.0 Å². The zero-order chi connectivity index (χ0) is 19.3. The van der Waals surface area contributed by atoms with Crippen LogP contribution in [0.4, 0.5) is 18.9 Å². The molecule has 1 amide bonds. The summed E-state index contributed by atoms with van der Waals surface area (Å²) in [7, 11) is 0. The number of aryl methyl sites for hydroxylation is 1. The number of thioether (sulfide) groups is 1. The number of benzene rings is 1. The van der Waals surface area contributed by atoms with Crippen molar-refractivity contribution in [2.24, 2.45) is 0 Å². The molecule has 0 spiro atoms. The van der Waals surface area contributed by atoms with Crippen molar-refractivity contribution in [3.63, 3.8) is 0 Å². The molecule has 1 heterocycles. The Hall–Kier alpha value is -2.00. The number of anilines is 1. The summed E-state index contributed by atoms with van der Waals surface area (Å²) in [6.07, 6.45) is -3.10. The van der Waals surface area contributed by atoms with E-state index in [1.54, 1.807) is 0 Å². The van der Waals surface area contributed by atoms with Gasteiger partial charge in [-0.3, -0.25) is 9.59 Å². The second-order valence-corrected chi connectivity index (χ2v) is 6.69. The Morgan fingerprint density at radius 3 is 2.73 bits per heavy atom. The average molecular weight is 406 g/mol. The highest BCUT2D eigenvalue weighted by molar-refractivity contribution is 7.99. The summed E-state index contributed by atoms with van der Waals surface area (Å²) in [6, 6.07) is 4.06. The van der Waals surface area contributed by atoms with E-state index in [-0.39, 0.29) is 27.2 Å². The number of nitrogens with zero attached hydrogens (tertiary/aromatic N) is 1. The van der Waals surface area contributed by atoms with Crippen LogP contribution in [0.25, 0.3) is 0 Å². The van der Waals surface area contributed by atoms with Crippen LogP contribution >= 0.6 is 23.4 Å². The number of nitrogens with one attached hydrogen (secondary N) is 2. The van der Waals surface area contributed by atoms with Gasteiger partial charge in [0, 0.05) is 11.8 Å². The molecule has 0 aliphatic rings. The summed E-state index contributed by atoms with van der Waals surface area (Å²) in [5.41, 5.74) is -0.760. The van der Waals surface area contributed by atoms with Crippen LogP contribution in [-0.4, -0.2) is 21.6 Å². The molecular formula is C16H15ClF3N3O2S. The minimum Gasteiger partial charge on any atom is -0.324 e. The molecule has 5 nitrogen and oxygen atoms in total.